The Kier molecular flexibility index (Phi) is 3.40. The number of ether oxygens (including phenoxy) is 1. The van der Waals surface area contributed by atoms with Crippen LogP contribution in [-0.4, -0.2) is 35.8 Å². The van der Waals surface area contributed by atoms with Gasteiger partial charge in [-0.1, -0.05) is 28.1 Å². The first-order chi connectivity index (χ1) is 8.01. The molecule has 0 aromatic heterocycles. The molecule has 0 saturated carbocycles. The predicted molar refractivity (Wildman–Crippen MR) is 67.0 cm³/mol. The van der Waals surface area contributed by atoms with Gasteiger partial charge in [0, 0.05) is 11.0 Å². The van der Waals surface area contributed by atoms with Gasteiger partial charge >= 0.3 is 6.09 Å². The Labute approximate surface area is 108 Å². The molecule has 1 aromatic carbocycles. The number of carbonyl (C=O) groups is 1. The van der Waals surface area contributed by atoms with E-state index in [-0.39, 0.29) is 0 Å². The summed E-state index contributed by atoms with van der Waals surface area (Å²) >= 11 is 3.38. The van der Waals surface area contributed by atoms with E-state index < -0.39 is 11.7 Å². The van der Waals surface area contributed by atoms with Gasteiger partial charge in [-0.05, 0) is 24.6 Å². The summed E-state index contributed by atoms with van der Waals surface area (Å²) in [6.07, 6.45) is -0.892. The molecule has 17 heavy (non-hydrogen) atoms. The van der Waals surface area contributed by atoms with Crippen LogP contribution in [0.4, 0.5) is 4.79 Å². The van der Waals surface area contributed by atoms with Gasteiger partial charge in [-0.2, -0.15) is 0 Å². The average Bonchev–Trinajstić information content (AvgIpc) is 2.29. The summed E-state index contributed by atoms with van der Waals surface area (Å²) < 4.78 is 6.75. The van der Waals surface area contributed by atoms with Crippen LogP contribution in [0.3, 0.4) is 0 Å². The lowest BCUT2D eigenvalue weighted by Crippen LogP contribution is -2.50. The van der Waals surface area contributed by atoms with Crippen LogP contribution in [0.25, 0.3) is 0 Å². The molecule has 1 N–H and O–H groups in total. The van der Waals surface area contributed by atoms with Crippen LogP contribution in [0.1, 0.15) is 12.5 Å². The minimum absolute atomic E-state index is 0.365. The van der Waals surface area contributed by atoms with Gasteiger partial charge in [-0.25, -0.2) is 4.79 Å². The monoisotopic (exact) mass is 299 g/mol. The molecule has 0 radical (unpaired) electrons. The van der Waals surface area contributed by atoms with E-state index in [0.717, 1.165) is 10.0 Å². The van der Waals surface area contributed by atoms with Crippen molar-refractivity contribution in [3.63, 3.8) is 0 Å². The molecule has 1 amide bonds. The molecule has 0 aliphatic carbocycles. The normalized spacial score (nSPS) is 24.7. The molecular weight excluding hydrogens is 286 g/mol. The minimum Gasteiger partial charge on any atom is -0.465 e. The van der Waals surface area contributed by atoms with Crippen molar-refractivity contribution in [2.24, 2.45) is 0 Å². The summed E-state index contributed by atoms with van der Waals surface area (Å²) in [4.78, 5) is 12.4. The first kappa shape index (κ1) is 12.4. The lowest BCUT2D eigenvalue weighted by atomic mass is 9.94. The maximum Gasteiger partial charge on any atom is 0.407 e. The van der Waals surface area contributed by atoms with Gasteiger partial charge in [0.25, 0.3) is 0 Å². The molecule has 5 heteroatoms. The van der Waals surface area contributed by atoms with Crippen LogP contribution in [0.15, 0.2) is 28.7 Å². The fraction of sp³-hybridized carbons (Fsp3) is 0.417. The van der Waals surface area contributed by atoms with Gasteiger partial charge in [0.05, 0.1) is 13.2 Å². The van der Waals surface area contributed by atoms with E-state index in [2.05, 4.69) is 15.9 Å². The van der Waals surface area contributed by atoms with E-state index in [9.17, 15) is 4.79 Å². The van der Waals surface area contributed by atoms with Crippen molar-refractivity contribution in [2.75, 3.05) is 19.7 Å². The molecule has 92 valence electrons. The van der Waals surface area contributed by atoms with Crippen molar-refractivity contribution in [1.29, 1.82) is 0 Å². The van der Waals surface area contributed by atoms with E-state index in [4.69, 9.17) is 9.84 Å². The van der Waals surface area contributed by atoms with Crippen LogP contribution in [0.2, 0.25) is 0 Å². The Bertz CT molecular complexity index is 420. The van der Waals surface area contributed by atoms with E-state index in [0.29, 0.717) is 19.7 Å². The molecule has 0 bridgehead atoms. The van der Waals surface area contributed by atoms with Gasteiger partial charge in [0.2, 0.25) is 0 Å². The van der Waals surface area contributed by atoms with Gasteiger partial charge < -0.3 is 14.7 Å². The van der Waals surface area contributed by atoms with Crippen LogP contribution >= 0.6 is 15.9 Å². The van der Waals surface area contributed by atoms with Crippen LogP contribution in [0, 0.1) is 0 Å². The third kappa shape index (κ3) is 2.61. The number of hydrogen-bond acceptors (Lipinski definition) is 2. The van der Waals surface area contributed by atoms with Crippen molar-refractivity contribution in [3.8, 4) is 0 Å². The Morgan fingerprint density at radius 2 is 2.12 bits per heavy atom. The van der Waals surface area contributed by atoms with Crippen LogP contribution in [-0.2, 0) is 10.3 Å². The van der Waals surface area contributed by atoms with E-state index in [1.165, 1.54) is 4.90 Å². The maximum atomic E-state index is 11.0. The molecule has 1 aliphatic rings. The summed E-state index contributed by atoms with van der Waals surface area (Å²) in [6.45, 7) is 3.15. The highest BCUT2D eigenvalue weighted by Gasteiger charge is 2.35. The number of nitrogens with zero attached hydrogens (tertiary/aromatic N) is 1. The highest BCUT2D eigenvalue weighted by Crippen LogP contribution is 2.30. The van der Waals surface area contributed by atoms with Crippen LogP contribution in [0.5, 0.6) is 0 Å². The molecule has 2 rings (SSSR count). The first-order valence-corrected chi connectivity index (χ1v) is 6.18. The topological polar surface area (TPSA) is 49.8 Å². The zero-order valence-electron chi connectivity index (χ0n) is 9.52. The lowest BCUT2D eigenvalue weighted by Gasteiger charge is -2.39. The van der Waals surface area contributed by atoms with E-state index >= 15 is 0 Å². The van der Waals surface area contributed by atoms with Gasteiger partial charge in [-0.3, -0.25) is 0 Å². The standard InChI is InChI=1S/C12H14BrNO3/c1-12(9-2-4-10(13)5-3-9)8-14(11(15)16)6-7-17-12/h2-5H,6-8H2,1H3,(H,15,16). The summed E-state index contributed by atoms with van der Waals surface area (Å²) in [5.74, 6) is 0. The second-order valence-electron chi connectivity index (χ2n) is 4.29. The van der Waals surface area contributed by atoms with Crippen molar-refractivity contribution in [2.45, 2.75) is 12.5 Å². The third-order valence-corrected chi connectivity index (χ3v) is 3.53. The molecule has 0 spiro atoms. The summed E-state index contributed by atoms with van der Waals surface area (Å²) in [6, 6.07) is 7.78. The van der Waals surface area contributed by atoms with Crippen LogP contribution < -0.4 is 0 Å². The Balaban J connectivity index is 2.23. The predicted octanol–water partition coefficient (Wildman–Crippen LogP) is 2.67. The minimum atomic E-state index is -0.892. The largest absolute Gasteiger partial charge is 0.465 e. The van der Waals surface area contributed by atoms with Crippen molar-refractivity contribution in [3.05, 3.63) is 34.3 Å². The van der Waals surface area contributed by atoms with Gasteiger partial charge in [-0.15, -0.1) is 0 Å². The molecule has 1 saturated heterocycles. The molecule has 1 fully saturated rings. The Hall–Kier alpha value is -1.07. The highest BCUT2D eigenvalue weighted by atomic mass is 79.9. The van der Waals surface area contributed by atoms with Crippen molar-refractivity contribution in [1.82, 2.24) is 4.90 Å². The zero-order valence-corrected chi connectivity index (χ0v) is 11.1. The lowest BCUT2D eigenvalue weighted by molar-refractivity contribution is -0.0950. The van der Waals surface area contributed by atoms with Crippen molar-refractivity contribution < 1.29 is 14.6 Å². The zero-order chi connectivity index (χ0) is 12.5. The van der Waals surface area contributed by atoms with E-state index in [1.54, 1.807) is 0 Å². The van der Waals surface area contributed by atoms with Crippen molar-refractivity contribution >= 4 is 22.0 Å². The molecule has 1 atom stereocenters. The molecule has 1 unspecified atom stereocenters. The number of rotatable bonds is 1. The number of benzene rings is 1. The Morgan fingerprint density at radius 1 is 1.47 bits per heavy atom. The molecule has 1 heterocycles. The summed E-state index contributed by atoms with van der Waals surface area (Å²) in [5.41, 5.74) is 0.434. The quantitative estimate of drug-likeness (QED) is 0.867. The number of amides is 1. The second kappa shape index (κ2) is 4.66. The number of hydrogen-bond donors (Lipinski definition) is 1. The third-order valence-electron chi connectivity index (χ3n) is 3.00. The van der Waals surface area contributed by atoms with Gasteiger partial charge in [0.15, 0.2) is 0 Å². The maximum absolute atomic E-state index is 11.0. The second-order valence-corrected chi connectivity index (χ2v) is 5.21. The summed E-state index contributed by atoms with van der Waals surface area (Å²) in [7, 11) is 0. The molecule has 4 nitrogen and oxygen atoms in total. The SMILES string of the molecule is CC1(c2ccc(Br)cc2)CN(C(=O)O)CCO1. The first-order valence-electron chi connectivity index (χ1n) is 5.39. The number of carboxylic acid groups (broad SMARTS) is 1. The van der Waals surface area contributed by atoms with Gasteiger partial charge in [0.1, 0.15) is 5.60 Å². The fourth-order valence-electron chi connectivity index (χ4n) is 2.01. The van der Waals surface area contributed by atoms with E-state index in [1.807, 2.05) is 31.2 Å². The fourth-order valence-corrected chi connectivity index (χ4v) is 2.27. The molecular formula is C12H14BrNO3. The Morgan fingerprint density at radius 3 is 2.71 bits per heavy atom. The number of morpholine rings is 1. The smallest absolute Gasteiger partial charge is 0.407 e. The molecule has 1 aromatic rings. The molecule has 1 aliphatic heterocycles. The number of halogens is 1. The average molecular weight is 300 g/mol. The summed E-state index contributed by atoms with van der Waals surface area (Å²) in [5, 5.41) is 9.02. The highest BCUT2D eigenvalue weighted by molar-refractivity contribution is 9.10.